The van der Waals surface area contributed by atoms with Gasteiger partial charge >= 0.3 is 0 Å². The van der Waals surface area contributed by atoms with E-state index in [1.807, 2.05) is 16.8 Å². The molecule has 0 saturated carbocycles. The topological polar surface area (TPSA) is 69.5 Å². The molecule has 0 fully saturated rings. The maximum Gasteiger partial charge on any atom is 0.260 e. The number of hydrogen-bond donors (Lipinski definition) is 1. The molecule has 6 heteroatoms. The largest absolute Gasteiger partial charge is 0.305 e. The number of aromatic amines is 1. The van der Waals surface area contributed by atoms with E-state index in [0.29, 0.717) is 17.3 Å². The van der Waals surface area contributed by atoms with Crippen LogP contribution in [0.25, 0.3) is 21.9 Å². The number of allylic oxidation sites excluding steroid dienone is 1. The summed E-state index contributed by atoms with van der Waals surface area (Å²) in [5.74, 6) is 1.00. The van der Waals surface area contributed by atoms with Gasteiger partial charge in [0.2, 0.25) is 0 Å². The standard InChI is InChI=1S/C18H15N3OS2/c1-10-2-3-13-14(6-10)24-18-15(13)17(22)20-16(21-18)12(8-19)7-11-4-5-23-9-11/h4-5,7,9-10H,2-3,6H2,1H3,(H,20,21,22). The van der Waals surface area contributed by atoms with Crippen LogP contribution in [0.1, 0.15) is 35.2 Å². The summed E-state index contributed by atoms with van der Waals surface area (Å²) in [6.45, 7) is 2.24. The van der Waals surface area contributed by atoms with Crippen LogP contribution in [0.5, 0.6) is 0 Å². The Bertz CT molecular complexity index is 1030. The van der Waals surface area contributed by atoms with Gasteiger partial charge in [-0.05, 0) is 59.2 Å². The van der Waals surface area contributed by atoms with Gasteiger partial charge in [-0.15, -0.1) is 11.3 Å². The second-order valence-electron chi connectivity index (χ2n) is 6.17. The Balaban J connectivity index is 1.87. The molecule has 0 amide bonds. The van der Waals surface area contributed by atoms with Crippen molar-refractivity contribution in [3.05, 3.63) is 49.0 Å². The summed E-state index contributed by atoms with van der Waals surface area (Å²) >= 11 is 3.17. The molecule has 1 aliphatic carbocycles. The molecule has 1 aliphatic rings. The van der Waals surface area contributed by atoms with Crippen molar-refractivity contribution in [3.8, 4) is 6.07 Å². The zero-order chi connectivity index (χ0) is 16.7. The molecule has 4 nitrogen and oxygen atoms in total. The normalized spacial score (nSPS) is 17.7. The minimum absolute atomic E-state index is 0.131. The number of nitrogens with zero attached hydrogens (tertiary/aromatic N) is 2. The van der Waals surface area contributed by atoms with Crippen LogP contribution in [0.4, 0.5) is 0 Å². The van der Waals surface area contributed by atoms with Gasteiger partial charge in [-0.25, -0.2) is 4.98 Å². The molecule has 0 spiro atoms. The fourth-order valence-corrected chi connectivity index (χ4v) is 5.16. The molecule has 3 aromatic heterocycles. The molecule has 120 valence electrons. The van der Waals surface area contributed by atoms with Crippen molar-refractivity contribution in [2.24, 2.45) is 5.92 Å². The van der Waals surface area contributed by atoms with E-state index >= 15 is 0 Å². The fraction of sp³-hybridized carbons (Fsp3) is 0.278. The van der Waals surface area contributed by atoms with Crippen molar-refractivity contribution < 1.29 is 0 Å². The lowest BCUT2D eigenvalue weighted by Gasteiger charge is -2.17. The maximum atomic E-state index is 12.6. The lowest BCUT2D eigenvalue weighted by Crippen LogP contribution is -2.14. The van der Waals surface area contributed by atoms with Crippen LogP contribution in [0, 0.1) is 17.2 Å². The lowest BCUT2D eigenvalue weighted by atomic mass is 9.89. The summed E-state index contributed by atoms with van der Waals surface area (Å²) in [5.41, 5.74) is 2.35. The maximum absolute atomic E-state index is 12.6. The van der Waals surface area contributed by atoms with Crippen LogP contribution < -0.4 is 5.56 Å². The Morgan fingerprint density at radius 1 is 1.54 bits per heavy atom. The average Bonchev–Trinajstić information content (AvgIpc) is 3.18. The molecule has 1 unspecified atom stereocenters. The number of aryl methyl sites for hydroxylation is 1. The first kappa shape index (κ1) is 15.3. The van der Waals surface area contributed by atoms with Crippen LogP contribution in [0.2, 0.25) is 0 Å². The van der Waals surface area contributed by atoms with E-state index < -0.39 is 0 Å². The third kappa shape index (κ3) is 2.60. The molecular formula is C18H15N3OS2. The number of fused-ring (bicyclic) bond motifs is 3. The molecule has 1 atom stereocenters. The molecule has 0 saturated heterocycles. The molecule has 0 radical (unpaired) electrons. The monoisotopic (exact) mass is 353 g/mol. The first-order chi connectivity index (χ1) is 11.7. The molecule has 1 N–H and O–H groups in total. The smallest absolute Gasteiger partial charge is 0.260 e. The van der Waals surface area contributed by atoms with E-state index in [9.17, 15) is 10.1 Å². The van der Waals surface area contributed by atoms with Gasteiger partial charge in [0, 0.05) is 4.88 Å². The summed E-state index contributed by atoms with van der Waals surface area (Å²) < 4.78 is 0. The number of nitriles is 1. The van der Waals surface area contributed by atoms with Crippen LogP contribution in [-0.2, 0) is 12.8 Å². The summed E-state index contributed by atoms with van der Waals surface area (Å²) in [4.78, 5) is 22.0. The highest BCUT2D eigenvalue weighted by molar-refractivity contribution is 7.18. The second kappa shape index (κ2) is 6.00. The molecule has 3 aromatic rings. The second-order valence-corrected chi connectivity index (χ2v) is 8.04. The molecule has 0 aromatic carbocycles. The predicted octanol–water partition coefficient (Wildman–Crippen LogP) is 4.24. The molecule has 0 aliphatic heterocycles. The summed E-state index contributed by atoms with van der Waals surface area (Å²) in [6, 6.07) is 4.09. The highest BCUT2D eigenvalue weighted by atomic mass is 32.1. The molecule has 3 heterocycles. The Morgan fingerprint density at radius 2 is 2.42 bits per heavy atom. The Labute approximate surface area is 147 Å². The third-order valence-electron chi connectivity index (χ3n) is 4.40. The van der Waals surface area contributed by atoms with Gasteiger partial charge in [-0.1, -0.05) is 6.92 Å². The SMILES string of the molecule is CC1CCc2c(sc3nc(C(C#N)=Cc4ccsc4)[nH]c(=O)c23)C1. The fourth-order valence-electron chi connectivity index (χ4n) is 3.15. The summed E-state index contributed by atoms with van der Waals surface area (Å²) in [6.07, 6.45) is 4.83. The van der Waals surface area contributed by atoms with Crippen molar-refractivity contribution >= 4 is 44.5 Å². The van der Waals surface area contributed by atoms with Crippen LogP contribution in [-0.4, -0.2) is 9.97 Å². The van der Waals surface area contributed by atoms with E-state index in [0.717, 1.165) is 40.6 Å². The molecule has 4 rings (SSSR count). The van der Waals surface area contributed by atoms with Crippen molar-refractivity contribution in [1.29, 1.82) is 5.26 Å². The quantitative estimate of drug-likeness (QED) is 0.701. The van der Waals surface area contributed by atoms with E-state index in [1.54, 1.807) is 28.7 Å². The minimum Gasteiger partial charge on any atom is -0.305 e. The van der Waals surface area contributed by atoms with Crippen LogP contribution in [0.3, 0.4) is 0 Å². The first-order valence-electron chi connectivity index (χ1n) is 7.84. The van der Waals surface area contributed by atoms with Gasteiger partial charge < -0.3 is 4.98 Å². The van der Waals surface area contributed by atoms with Gasteiger partial charge in [-0.3, -0.25) is 4.79 Å². The zero-order valence-electron chi connectivity index (χ0n) is 13.1. The number of nitrogens with one attached hydrogen (secondary N) is 1. The predicted molar refractivity (Wildman–Crippen MR) is 99.2 cm³/mol. The van der Waals surface area contributed by atoms with Crippen LogP contribution >= 0.6 is 22.7 Å². The minimum atomic E-state index is -0.131. The van der Waals surface area contributed by atoms with E-state index in [4.69, 9.17) is 0 Å². The van der Waals surface area contributed by atoms with Crippen LogP contribution in [0.15, 0.2) is 21.6 Å². The number of hydrogen-bond acceptors (Lipinski definition) is 5. The van der Waals surface area contributed by atoms with Gasteiger partial charge in [-0.2, -0.15) is 16.6 Å². The zero-order valence-corrected chi connectivity index (χ0v) is 14.8. The molecular weight excluding hydrogens is 338 g/mol. The number of rotatable bonds is 2. The highest BCUT2D eigenvalue weighted by Gasteiger charge is 2.23. The summed E-state index contributed by atoms with van der Waals surface area (Å²) in [7, 11) is 0. The third-order valence-corrected chi connectivity index (χ3v) is 6.24. The highest BCUT2D eigenvalue weighted by Crippen LogP contribution is 2.35. The first-order valence-corrected chi connectivity index (χ1v) is 9.60. The average molecular weight is 353 g/mol. The van der Waals surface area contributed by atoms with E-state index in [1.165, 1.54) is 4.88 Å². The van der Waals surface area contributed by atoms with Crippen molar-refractivity contribution in [1.82, 2.24) is 9.97 Å². The molecule has 24 heavy (non-hydrogen) atoms. The van der Waals surface area contributed by atoms with Crippen molar-refractivity contribution in [3.63, 3.8) is 0 Å². The van der Waals surface area contributed by atoms with E-state index in [2.05, 4.69) is 23.0 Å². The van der Waals surface area contributed by atoms with Gasteiger partial charge in [0.25, 0.3) is 5.56 Å². The number of thiophene rings is 2. The van der Waals surface area contributed by atoms with Gasteiger partial charge in [0.1, 0.15) is 10.9 Å². The number of H-pyrrole nitrogens is 1. The summed E-state index contributed by atoms with van der Waals surface area (Å²) in [5, 5.41) is 14.1. The Kier molecular flexibility index (Phi) is 3.83. The van der Waals surface area contributed by atoms with Crippen molar-refractivity contribution in [2.75, 3.05) is 0 Å². The van der Waals surface area contributed by atoms with E-state index in [-0.39, 0.29) is 5.56 Å². The number of aromatic nitrogens is 2. The Morgan fingerprint density at radius 3 is 3.17 bits per heavy atom. The lowest BCUT2D eigenvalue weighted by molar-refractivity contribution is 0.509. The van der Waals surface area contributed by atoms with Crippen molar-refractivity contribution in [2.45, 2.75) is 26.2 Å². The van der Waals surface area contributed by atoms with Gasteiger partial charge in [0.05, 0.1) is 11.0 Å². The van der Waals surface area contributed by atoms with Gasteiger partial charge in [0.15, 0.2) is 5.82 Å². The Hall–Kier alpha value is -2.23. The molecule has 0 bridgehead atoms.